The highest BCUT2D eigenvalue weighted by molar-refractivity contribution is 5.94. The lowest BCUT2D eigenvalue weighted by Crippen LogP contribution is -2.32. The number of unbranched alkanes of at least 4 members (excludes halogenated alkanes) is 1. The fraction of sp³-hybridized carbons (Fsp3) is 0.818. The monoisotopic (exact) mass is 216 g/mol. The van der Waals surface area contributed by atoms with Crippen LogP contribution in [0.4, 0.5) is 0 Å². The molecule has 0 aromatic rings. The highest BCUT2D eigenvalue weighted by Crippen LogP contribution is 2.16. The fourth-order valence-corrected chi connectivity index (χ4v) is 1.12. The Labute approximate surface area is 90.6 Å². The van der Waals surface area contributed by atoms with Crippen molar-refractivity contribution >= 4 is 11.9 Å². The zero-order valence-corrected chi connectivity index (χ0v) is 9.87. The summed E-state index contributed by atoms with van der Waals surface area (Å²) in [6, 6.07) is 0. The first-order chi connectivity index (χ1) is 6.78. The molecule has 4 nitrogen and oxygen atoms in total. The zero-order valence-electron chi connectivity index (χ0n) is 9.87. The molecule has 1 atom stereocenters. The number of ether oxygens (including phenoxy) is 1. The highest BCUT2D eigenvalue weighted by Gasteiger charge is 2.30. The molecule has 0 bridgehead atoms. The van der Waals surface area contributed by atoms with E-state index in [1.165, 1.54) is 0 Å². The third-order valence-corrected chi connectivity index (χ3v) is 1.84. The summed E-state index contributed by atoms with van der Waals surface area (Å²) in [4.78, 5) is 22.3. The van der Waals surface area contributed by atoms with Gasteiger partial charge in [0.15, 0.2) is 5.92 Å². The molecule has 0 aliphatic carbocycles. The molecule has 0 rings (SSSR count). The Morgan fingerprint density at radius 1 is 1.33 bits per heavy atom. The van der Waals surface area contributed by atoms with Crippen LogP contribution in [0.3, 0.4) is 0 Å². The van der Waals surface area contributed by atoms with Crippen LogP contribution in [0.5, 0.6) is 0 Å². The number of hydrogen-bond acceptors (Lipinski definition) is 3. The van der Waals surface area contributed by atoms with E-state index >= 15 is 0 Å². The second-order valence-corrected chi connectivity index (χ2v) is 4.57. The maximum Gasteiger partial charge on any atom is 0.320 e. The highest BCUT2D eigenvalue weighted by atomic mass is 16.6. The molecule has 0 unspecified atom stereocenters. The summed E-state index contributed by atoms with van der Waals surface area (Å²) in [6.45, 7) is 7.13. The minimum Gasteiger partial charge on any atom is -0.481 e. The average molecular weight is 216 g/mol. The van der Waals surface area contributed by atoms with Crippen LogP contribution in [0.1, 0.15) is 47.0 Å². The molecule has 0 aromatic heterocycles. The topological polar surface area (TPSA) is 63.6 Å². The number of carbonyl (C=O) groups excluding carboxylic acids is 1. The predicted octanol–water partition coefficient (Wildman–Crippen LogP) is 2.22. The van der Waals surface area contributed by atoms with Gasteiger partial charge in [-0.05, 0) is 27.2 Å². The first kappa shape index (κ1) is 13.9. The van der Waals surface area contributed by atoms with Gasteiger partial charge in [-0.3, -0.25) is 9.59 Å². The molecule has 0 amide bonds. The maximum atomic E-state index is 11.5. The summed E-state index contributed by atoms with van der Waals surface area (Å²) in [7, 11) is 0. The fourth-order valence-electron chi connectivity index (χ4n) is 1.12. The van der Waals surface area contributed by atoms with Crippen molar-refractivity contribution in [3.05, 3.63) is 0 Å². The van der Waals surface area contributed by atoms with E-state index in [0.29, 0.717) is 6.42 Å². The smallest absolute Gasteiger partial charge is 0.320 e. The quantitative estimate of drug-likeness (QED) is 0.565. The van der Waals surface area contributed by atoms with E-state index in [-0.39, 0.29) is 0 Å². The van der Waals surface area contributed by atoms with Crippen LogP contribution in [0.15, 0.2) is 0 Å². The SMILES string of the molecule is CCCC[C@H](C(=O)O)C(=O)OC(C)(C)C. The van der Waals surface area contributed by atoms with Crippen LogP contribution in [0.25, 0.3) is 0 Å². The normalized spacial score (nSPS) is 13.3. The second kappa shape index (κ2) is 5.73. The average Bonchev–Trinajstić information content (AvgIpc) is 2.00. The van der Waals surface area contributed by atoms with Crippen LogP contribution in [-0.4, -0.2) is 22.6 Å². The van der Waals surface area contributed by atoms with Crippen molar-refractivity contribution in [2.75, 3.05) is 0 Å². The molecular weight excluding hydrogens is 196 g/mol. The molecule has 88 valence electrons. The van der Waals surface area contributed by atoms with Crippen LogP contribution in [0.2, 0.25) is 0 Å². The molecule has 0 saturated carbocycles. The van der Waals surface area contributed by atoms with Crippen molar-refractivity contribution in [1.29, 1.82) is 0 Å². The molecular formula is C11H20O4. The Hall–Kier alpha value is -1.06. The maximum absolute atomic E-state index is 11.5. The lowest BCUT2D eigenvalue weighted by molar-refractivity contribution is -0.167. The van der Waals surface area contributed by atoms with Gasteiger partial charge in [-0.25, -0.2) is 0 Å². The predicted molar refractivity (Wildman–Crippen MR) is 56.5 cm³/mol. The molecule has 0 radical (unpaired) electrons. The second-order valence-electron chi connectivity index (χ2n) is 4.57. The van der Waals surface area contributed by atoms with Gasteiger partial charge in [0.25, 0.3) is 0 Å². The van der Waals surface area contributed by atoms with Crippen molar-refractivity contribution in [2.24, 2.45) is 5.92 Å². The molecule has 0 aliphatic rings. The van der Waals surface area contributed by atoms with Crippen molar-refractivity contribution in [3.63, 3.8) is 0 Å². The number of carboxylic acids is 1. The van der Waals surface area contributed by atoms with Gasteiger partial charge in [0.1, 0.15) is 5.60 Å². The van der Waals surface area contributed by atoms with Gasteiger partial charge in [-0.1, -0.05) is 19.8 Å². The Kier molecular flexibility index (Phi) is 5.33. The number of rotatable bonds is 5. The van der Waals surface area contributed by atoms with E-state index in [4.69, 9.17) is 9.84 Å². The Morgan fingerprint density at radius 3 is 2.20 bits per heavy atom. The minimum absolute atomic E-state index is 0.348. The van der Waals surface area contributed by atoms with E-state index in [1.807, 2.05) is 6.92 Å². The van der Waals surface area contributed by atoms with Crippen molar-refractivity contribution in [1.82, 2.24) is 0 Å². The number of carboxylic acid groups (broad SMARTS) is 1. The third kappa shape index (κ3) is 6.10. The van der Waals surface area contributed by atoms with Crippen molar-refractivity contribution in [2.45, 2.75) is 52.6 Å². The van der Waals surface area contributed by atoms with Gasteiger partial charge in [-0.2, -0.15) is 0 Å². The van der Waals surface area contributed by atoms with E-state index in [0.717, 1.165) is 12.8 Å². The molecule has 4 heteroatoms. The third-order valence-electron chi connectivity index (χ3n) is 1.84. The summed E-state index contributed by atoms with van der Waals surface area (Å²) in [5.41, 5.74) is -0.628. The van der Waals surface area contributed by atoms with Crippen LogP contribution in [-0.2, 0) is 14.3 Å². The first-order valence-electron chi connectivity index (χ1n) is 5.23. The molecule has 0 spiro atoms. The van der Waals surface area contributed by atoms with Crippen molar-refractivity contribution < 1.29 is 19.4 Å². The van der Waals surface area contributed by atoms with Crippen molar-refractivity contribution in [3.8, 4) is 0 Å². The molecule has 15 heavy (non-hydrogen) atoms. The lowest BCUT2D eigenvalue weighted by Gasteiger charge is -2.22. The first-order valence-corrected chi connectivity index (χ1v) is 5.23. The summed E-state index contributed by atoms with van der Waals surface area (Å²) in [6.07, 6.45) is 1.93. The zero-order chi connectivity index (χ0) is 12.1. The number of aliphatic carboxylic acids is 1. The van der Waals surface area contributed by atoms with Crippen LogP contribution in [0, 0.1) is 5.92 Å². The Bertz CT molecular complexity index is 227. The summed E-state index contributed by atoms with van der Waals surface area (Å²) in [5.74, 6) is -2.76. The largest absolute Gasteiger partial charge is 0.481 e. The van der Waals surface area contributed by atoms with E-state index in [9.17, 15) is 9.59 Å². The van der Waals surface area contributed by atoms with Crippen LogP contribution < -0.4 is 0 Å². The number of carbonyl (C=O) groups is 2. The summed E-state index contributed by atoms with van der Waals surface area (Å²) in [5, 5.41) is 8.87. The van der Waals surface area contributed by atoms with Gasteiger partial charge >= 0.3 is 11.9 Å². The van der Waals surface area contributed by atoms with E-state index in [2.05, 4.69) is 0 Å². The van der Waals surface area contributed by atoms with Gasteiger partial charge in [-0.15, -0.1) is 0 Å². The van der Waals surface area contributed by atoms with Crippen LogP contribution >= 0.6 is 0 Å². The molecule has 0 saturated heterocycles. The molecule has 0 heterocycles. The molecule has 0 aliphatic heterocycles. The number of esters is 1. The van der Waals surface area contributed by atoms with E-state index < -0.39 is 23.5 Å². The van der Waals surface area contributed by atoms with E-state index in [1.54, 1.807) is 20.8 Å². The van der Waals surface area contributed by atoms with Gasteiger partial charge in [0.05, 0.1) is 0 Å². The number of hydrogen-bond donors (Lipinski definition) is 1. The van der Waals surface area contributed by atoms with Gasteiger partial charge in [0, 0.05) is 0 Å². The molecule has 0 aromatic carbocycles. The minimum atomic E-state index is -1.10. The molecule has 1 N–H and O–H groups in total. The standard InChI is InChI=1S/C11H20O4/c1-5-6-7-8(9(12)13)10(14)15-11(2,3)4/h8H,5-7H2,1-4H3,(H,12,13)/t8-/m1/s1. The van der Waals surface area contributed by atoms with Gasteiger partial charge < -0.3 is 9.84 Å². The summed E-state index contributed by atoms with van der Waals surface area (Å²) >= 11 is 0. The lowest BCUT2D eigenvalue weighted by atomic mass is 10.0. The van der Waals surface area contributed by atoms with Gasteiger partial charge in [0.2, 0.25) is 0 Å². The summed E-state index contributed by atoms with van der Waals surface area (Å²) < 4.78 is 5.04. The Morgan fingerprint density at radius 2 is 1.87 bits per heavy atom. The molecule has 0 fully saturated rings. The Balaban J connectivity index is 4.36.